The highest BCUT2D eigenvalue weighted by Crippen LogP contribution is 2.21. The van der Waals surface area contributed by atoms with Crippen molar-refractivity contribution in [3.63, 3.8) is 0 Å². The van der Waals surface area contributed by atoms with E-state index in [-0.39, 0.29) is 17.8 Å². The van der Waals surface area contributed by atoms with Crippen LogP contribution >= 0.6 is 0 Å². The van der Waals surface area contributed by atoms with Crippen molar-refractivity contribution < 1.29 is 19.1 Å². The van der Waals surface area contributed by atoms with Crippen LogP contribution in [0.5, 0.6) is 0 Å². The van der Waals surface area contributed by atoms with E-state index in [9.17, 15) is 14.4 Å². The Morgan fingerprint density at radius 1 is 1.00 bits per heavy atom. The SMILES string of the molecule is COC(=O)CCc1c(C)nn(-c2ccc(C(=O)Nc3cccc(NC(C)=O)c3)cc2)c1C. The number of hydrogen-bond donors (Lipinski definition) is 2. The fraction of sp³-hybridized carbons (Fsp3) is 0.250. The van der Waals surface area contributed by atoms with Gasteiger partial charge >= 0.3 is 5.97 Å². The minimum atomic E-state index is -0.261. The third-order valence-corrected chi connectivity index (χ3v) is 5.06. The van der Waals surface area contributed by atoms with Crippen molar-refractivity contribution in [2.24, 2.45) is 0 Å². The molecule has 0 fully saturated rings. The maximum atomic E-state index is 12.6. The Morgan fingerprint density at radius 3 is 2.28 bits per heavy atom. The molecule has 8 heteroatoms. The topological polar surface area (TPSA) is 102 Å². The molecule has 0 radical (unpaired) electrons. The van der Waals surface area contributed by atoms with Crippen LogP contribution in [0.25, 0.3) is 5.69 Å². The second kappa shape index (κ2) is 9.91. The van der Waals surface area contributed by atoms with Gasteiger partial charge in [-0.05, 0) is 68.3 Å². The quantitative estimate of drug-likeness (QED) is 0.551. The highest BCUT2D eigenvalue weighted by molar-refractivity contribution is 6.04. The molecule has 3 aromatic rings. The van der Waals surface area contributed by atoms with Crippen LogP contribution in [0.15, 0.2) is 48.5 Å². The highest BCUT2D eigenvalue weighted by Gasteiger charge is 2.15. The second-order valence-corrected chi connectivity index (χ2v) is 7.40. The van der Waals surface area contributed by atoms with Crippen LogP contribution in [0.2, 0.25) is 0 Å². The summed E-state index contributed by atoms with van der Waals surface area (Å²) in [5, 5.41) is 10.1. The van der Waals surface area contributed by atoms with Crippen molar-refractivity contribution >= 4 is 29.2 Å². The Kier molecular flexibility index (Phi) is 7.04. The molecule has 0 saturated heterocycles. The first kappa shape index (κ1) is 22.7. The van der Waals surface area contributed by atoms with Crippen LogP contribution in [0.3, 0.4) is 0 Å². The van der Waals surface area contributed by atoms with E-state index in [2.05, 4.69) is 15.7 Å². The standard InChI is InChI=1S/C24H26N4O4/c1-15-22(12-13-23(30)32-4)16(2)28(27-15)21-10-8-18(9-11-21)24(31)26-20-7-5-6-19(14-20)25-17(3)29/h5-11,14H,12-13H2,1-4H3,(H,25,29)(H,26,31). The average Bonchev–Trinajstić information content (AvgIpc) is 3.05. The Balaban J connectivity index is 1.73. The van der Waals surface area contributed by atoms with Gasteiger partial charge in [-0.3, -0.25) is 14.4 Å². The van der Waals surface area contributed by atoms with E-state index in [0.29, 0.717) is 29.8 Å². The summed E-state index contributed by atoms with van der Waals surface area (Å²) in [6.45, 7) is 5.29. The van der Waals surface area contributed by atoms with Crippen LogP contribution in [0, 0.1) is 13.8 Å². The molecule has 0 atom stereocenters. The van der Waals surface area contributed by atoms with Gasteiger partial charge in [0, 0.05) is 36.0 Å². The number of esters is 1. The van der Waals surface area contributed by atoms with Gasteiger partial charge in [-0.2, -0.15) is 5.10 Å². The van der Waals surface area contributed by atoms with Gasteiger partial charge in [-0.25, -0.2) is 4.68 Å². The van der Waals surface area contributed by atoms with E-state index >= 15 is 0 Å². The number of carbonyl (C=O) groups is 3. The molecule has 0 aliphatic rings. The summed E-state index contributed by atoms with van der Waals surface area (Å²) in [6.07, 6.45) is 0.856. The van der Waals surface area contributed by atoms with Crippen molar-refractivity contribution in [1.82, 2.24) is 9.78 Å². The third-order valence-electron chi connectivity index (χ3n) is 5.06. The van der Waals surface area contributed by atoms with Crippen LogP contribution in [-0.4, -0.2) is 34.7 Å². The summed E-state index contributed by atoms with van der Waals surface area (Å²) < 4.78 is 6.53. The first-order chi connectivity index (χ1) is 15.3. The van der Waals surface area contributed by atoms with E-state index in [4.69, 9.17) is 4.74 Å². The summed E-state index contributed by atoms with van der Waals surface area (Å²) >= 11 is 0. The Labute approximate surface area is 186 Å². The zero-order chi connectivity index (χ0) is 23.3. The minimum absolute atomic E-state index is 0.179. The van der Waals surface area contributed by atoms with Crippen LogP contribution in [-0.2, 0) is 20.7 Å². The number of ether oxygens (including phenoxy) is 1. The van der Waals surface area contributed by atoms with E-state index in [0.717, 1.165) is 22.6 Å². The summed E-state index contributed by atoms with van der Waals surface area (Å²) in [7, 11) is 1.38. The molecule has 0 bridgehead atoms. The van der Waals surface area contributed by atoms with Gasteiger partial charge < -0.3 is 15.4 Å². The van der Waals surface area contributed by atoms with E-state index < -0.39 is 0 Å². The molecule has 8 nitrogen and oxygen atoms in total. The lowest BCUT2D eigenvalue weighted by Gasteiger charge is -2.09. The molecule has 0 aliphatic heterocycles. The number of aromatic nitrogens is 2. The van der Waals surface area contributed by atoms with Crippen LogP contribution in [0.4, 0.5) is 11.4 Å². The molecule has 0 unspecified atom stereocenters. The smallest absolute Gasteiger partial charge is 0.305 e. The number of aryl methyl sites for hydroxylation is 1. The van der Waals surface area contributed by atoms with E-state index in [1.807, 2.05) is 26.0 Å². The zero-order valence-corrected chi connectivity index (χ0v) is 18.6. The van der Waals surface area contributed by atoms with Crippen LogP contribution in [0.1, 0.15) is 40.7 Å². The molecule has 32 heavy (non-hydrogen) atoms. The fourth-order valence-corrected chi connectivity index (χ4v) is 3.45. The van der Waals surface area contributed by atoms with Crippen molar-refractivity contribution in [3.8, 4) is 5.69 Å². The predicted molar refractivity (Wildman–Crippen MR) is 122 cm³/mol. The first-order valence-electron chi connectivity index (χ1n) is 10.2. The van der Waals surface area contributed by atoms with Crippen molar-refractivity contribution in [1.29, 1.82) is 0 Å². The van der Waals surface area contributed by atoms with E-state index in [1.54, 1.807) is 41.1 Å². The Bertz CT molecular complexity index is 1150. The lowest BCUT2D eigenvalue weighted by atomic mass is 10.1. The number of benzene rings is 2. The average molecular weight is 434 g/mol. The molecule has 166 valence electrons. The van der Waals surface area contributed by atoms with E-state index in [1.165, 1.54) is 14.0 Å². The maximum Gasteiger partial charge on any atom is 0.305 e. The number of carbonyl (C=O) groups excluding carboxylic acids is 3. The number of hydrogen-bond acceptors (Lipinski definition) is 5. The minimum Gasteiger partial charge on any atom is -0.469 e. The highest BCUT2D eigenvalue weighted by atomic mass is 16.5. The molecule has 2 N–H and O–H groups in total. The lowest BCUT2D eigenvalue weighted by molar-refractivity contribution is -0.140. The molecular weight excluding hydrogens is 408 g/mol. The van der Waals surface area contributed by atoms with Gasteiger partial charge in [0.1, 0.15) is 0 Å². The normalized spacial score (nSPS) is 10.5. The van der Waals surface area contributed by atoms with Crippen molar-refractivity contribution in [2.45, 2.75) is 33.6 Å². The van der Waals surface area contributed by atoms with Gasteiger partial charge in [0.25, 0.3) is 5.91 Å². The monoisotopic (exact) mass is 434 g/mol. The number of nitrogens with one attached hydrogen (secondary N) is 2. The van der Waals surface area contributed by atoms with Gasteiger partial charge in [-0.15, -0.1) is 0 Å². The van der Waals surface area contributed by atoms with Crippen molar-refractivity contribution in [2.75, 3.05) is 17.7 Å². The number of amides is 2. The zero-order valence-electron chi connectivity index (χ0n) is 18.6. The van der Waals surface area contributed by atoms with Gasteiger partial charge in [0.15, 0.2) is 0 Å². The number of methoxy groups -OCH3 is 1. The molecule has 0 saturated carbocycles. The van der Waals surface area contributed by atoms with Gasteiger partial charge in [-0.1, -0.05) is 6.07 Å². The van der Waals surface area contributed by atoms with Crippen molar-refractivity contribution in [3.05, 3.63) is 71.0 Å². The fourth-order valence-electron chi connectivity index (χ4n) is 3.45. The molecule has 0 aliphatic carbocycles. The summed E-state index contributed by atoms with van der Waals surface area (Å²) in [4.78, 5) is 35.3. The predicted octanol–water partition coefficient (Wildman–Crippen LogP) is 3.81. The number of nitrogens with zero attached hydrogens (tertiary/aromatic N) is 2. The largest absolute Gasteiger partial charge is 0.469 e. The molecule has 0 spiro atoms. The van der Waals surface area contributed by atoms with Crippen LogP contribution < -0.4 is 10.6 Å². The third kappa shape index (κ3) is 5.40. The molecular formula is C24H26N4O4. The Hall–Kier alpha value is -3.94. The summed E-state index contributed by atoms with van der Waals surface area (Å²) in [5.74, 6) is -0.695. The van der Waals surface area contributed by atoms with Gasteiger partial charge in [0.05, 0.1) is 18.5 Å². The summed E-state index contributed by atoms with van der Waals surface area (Å²) in [5.41, 5.74) is 5.31. The molecule has 1 heterocycles. The molecule has 1 aromatic heterocycles. The molecule has 3 rings (SSSR count). The molecule has 2 aromatic carbocycles. The lowest BCUT2D eigenvalue weighted by Crippen LogP contribution is -2.13. The first-order valence-corrected chi connectivity index (χ1v) is 10.2. The Morgan fingerprint density at radius 2 is 1.66 bits per heavy atom. The number of rotatable bonds is 7. The number of anilines is 2. The second-order valence-electron chi connectivity index (χ2n) is 7.40. The maximum absolute atomic E-state index is 12.6. The summed E-state index contributed by atoms with van der Waals surface area (Å²) in [6, 6.07) is 14.1. The van der Waals surface area contributed by atoms with Gasteiger partial charge in [0.2, 0.25) is 5.91 Å². The molecule has 2 amide bonds.